The fourth-order valence-electron chi connectivity index (χ4n) is 8.10. The molecule has 3 unspecified atom stereocenters. The van der Waals surface area contributed by atoms with Crippen molar-refractivity contribution in [3.05, 3.63) is 71.2 Å². The summed E-state index contributed by atoms with van der Waals surface area (Å²) < 4.78 is 53.2. The number of halogens is 3. The maximum atomic E-state index is 14.0. The summed E-state index contributed by atoms with van der Waals surface area (Å²) >= 11 is 0. The van der Waals surface area contributed by atoms with Crippen LogP contribution in [0, 0.1) is 28.5 Å². The van der Waals surface area contributed by atoms with E-state index in [0.29, 0.717) is 38.3 Å². The number of carboxylic acid groups (broad SMARTS) is 1. The predicted octanol–water partition coefficient (Wildman–Crippen LogP) is 6.75. The number of nitrogens with zero attached hydrogens (tertiary/aromatic N) is 4. The van der Waals surface area contributed by atoms with Crippen LogP contribution in [-0.4, -0.2) is 95.4 Å². The first-order valence-corrected chi connectivity index (χ1v) is 18.6. The van der Waals surface area contributed by atoms with Gasteiger partial charge in [0.05, 0.1) is 19.8 Å². The van der Waals surface area contributed by atoms with Crippen molar-refractivity contribution in [2.24, 2.45) is 27.8 Å². The Labute approximate surface area is 308 Å². The Hall–Kier alpha value is -4.39. The highest BCUT2D eigenvalue weighted by Crippen LogP contribution is 2.55. The second-order valence-corrected chi connectivity index (χ2v) is 15.9. The minimum absolute atomic E-state index is 0.0173. The fraction of sp³-hybridized carbons (Fsp3) is 0.550. The molecule has 5 aliphatic rings. The van der Waals surface area contributed by atoms with Gasteiger partial charge >= 0.3 is 5.97 Å². The van der Waals surface area contributed by atoms with Crippen LogP contribution in [0.2, 0.25) is 0 Å². The number of hydrogen-bond donors (Lipinski definition) is 1. The average Bonchev–Trinajstić information content (AvgIpc) is 3.37. The molecule has 2 amide bonds. The Morgan fingerprint density at radius 1 is 0.981 bits per heavy atom. The van der Waals surface area contributed by atoms with Gasteiger partial charge in [-0.05, 0) is 48.9 Å². The van der Waals surface area contributed by atoms with Crippen LogP contribution in [-0.2, 0) is 16.1 Å². The molecule has 3 aliphatic heterocycles. The molecule has 0 radical (unpaired) electrons. The Morgan fingerprint density at radius 2 is 1.60 bits per heavy atom. The summed E-state index contributed by atoms with van der Waals surface area (Å²) in [5.74, 6) is -4.50. The molecule has 286 valence electrons. The van der Waals surface area contributed by atoms with Crippen molar-refractivity contribution in [2.45, 2.75) is 78.4 Å². The molecule has 0 aromatic heterocycles. The maximum absolute atomic E-state index is 14.0. The molecule has 3 heterocycles. The van der Waals surface area contributed by atoms with E-state index < -0.39 is 23.4 Å². The van der Waals surface area contributed by atoms with E-state index in [1.807, 2.05) is 25.8 Å². The molecule has 3 atom stereocenters. The van der Waals surface area contributed by atoms with E-state index in [9.17, 15) is 32.7 Å². The molecule has 4 fully saturated rings. The topological polar surface area (TPSA) is 109 Å². The lowest BCUT2D eigenvalue weighted by Gasteiger charge is -2.51. The highest BCUT2D eigenvalue weighted by atomic mass is 19.3. The van der Waals surface area contributed by atoms with Crippen LogP contribution in [0.25, 0.3) is 0 Å². The number of amides is 2. The molecule has 1 spiro atoms. The van der Waals surface area contributed by atoms with Gasteiger partial charge in [0.1, 0.15) is 47.4 Å². The van der Waals surface area contributed by atoms with E-state index in [1.54, 1.807) is 41.6 Å². The number of hydrogen-bond acceptors (Lipinski definition) is 6. The minimum Gasteiger partial charge on any atom is -0.492 e. The monoisotopic (exact) mass is 739 g/mol. The summed E-state index contributed by atoms with van der Waals surface area (Å²) in [7, 11) is 1.86. The Bertz CT molecular complexity index is 1780. The quantitative estimate of drug-likeness (QED) is 0.270. The molecule has 7 rings (SSSR count). The molecule has 0 bridgehead atoms. The average molecular weight is 740 g/mol. The number of likely N-dealkylation sites (tertiary alicyclic amines) is 2. The smallest absolute Gasteiger partial charge is 0.343 e. The molecule has 10 nitrogen and oxygen atoms in total. The number of carbonyl (C=O) groups excluding carboxylic acids is 2. The SMILES string of the molecule is CC.CC1(C)CC1C(=O)N1CC2(CN(C(=O)C3=C[N+](C)(Cc4ccc(F)cc4)N=C3)CC2COc2cccc(OC3CCC(F)(F)CC3)c2C(=O)O)C1. The van der Waals surface area contributed by atoms with Gasteiger partial charge in [0, 0.05) is 61.8 Å². The van der Waals surface area contributed by atoms with Gasteiger partial charge in [0.2, 0.25) is 11.8 Å². The van der Waals surface area contributed by atoms with Gasteiger partial charge in [0.15, 0.2) is 0 Å². The number of rotatable bonds is 10. The lowest BCUT2D eigenvalue weighted by molar-refractivity contribution is -0.877. The number of alkyl halides is 2. The summed E-state index contributed by atoms with van der Waals surface area (Å²) in [6.07, 6.45) is 3.25. The summed E-state index contributed by atoms with van der Waals surface area (Å²) in [5.41, 5.74) is 0.652. The molecule has 2 aromatic carbocycles. The van der Waals surface area contributed by atoms with Crippen LogP contribution >= 0.6 is 0 Å². The van der Waals surface area contributed by atoms with Crippen molar-refractivity contribution >= 4 is 24.0 Å². The zero-order chi connectivity index (χ0) is 38.3. The van der Waals surface area contributed by atoms with Gasteiger partial charge in [-0.3, -0.25) is 9.59 Å². The standard InChI is InChI=1S/C38H43F3N4O6.C2H6/c1-36(2)15-29(36)34(47)44-22-37(23-44)21-43(33(46)25-16-42-45(3,19-25)18-24-7-9-27(39)10-8-24)17-26(37)20-50-30-5-4-6-31(32(30)35(48)49)51-28-11-13-38(40,41)14-12-28;1-2/h4-10,16,19,26,28-29H,11-15,17-18,20-23H2,1-3H3;1-2H3/p+1. The third-order valence-electron chi connectivity index (χ3n) is 11.4. The normalized spacial score (nSPS) is 26.3. The van der Waals surface area contributed by atoms with Crippen LogP contribution in [0.15, 0.2) is 59.3 Å². The van der Waals surface area contributed by atoms with E-state index in [2.05, 4.69) is 18.9 Å². The largest absolute Gasteiger partial charge is 0.492 e. The molecule has 2 aromatic rings. The van der Waals surface area contributed by atoms with E-state index >= 15 is 0 Å². The van der Waals surface area contributed by atoms with Crippen LogP contribution in [0.1, 0.15) is 75.7 Å². The highest BCUT2D eigenvalue weighted by molar-refractivity contribution is 6.12. The lowest BCUT2D eigenvalue weighted by Crippen LogP contribution is -2.63. The first-order valence-electron chi connectivity index (χ1n) is 18.6. The van der Waals surface area contributed by atoms with Gasteiger partial charge < -0.3 is 24.4 Å². The fourth-order valence-corrected chi connectivity index (χ4v) is 8.10. The number of carbonyl (C=O) groups is 3. The maximum Gasteiger partial charge on any atom is 0.343 e. The van der Waals surface area contributed by atoms with Crippen LogP contribution in [0.3, 0.4) is 0 Å². The lowest BCUT2D eigenvalue weighted by atomic mass is 9.71. The Kier molecular flexibility index (Phi) is 10.5. The van der Waals surface area contributed by atoms with E-state index in [4.69, 9.17) is 9.47 Å². The highest BCUT2D eigenvalue weighted by Gasteiger charge is 2.60. The second kappa shape index (κ2) is 14.4. The molecule has 2 saturated heterocycles. The second-order valence-electron chi connectivity index (χ2n) is 15.9. The summed E-state index contributed by atoms with van der Waals surface area (Å²) in [6, 6.07) is 10.8. The zero-order valence-electron chi connectivity index (χ0n) is 31.1. The number of ether oxygens (including phenoxy) is 2. The molecular formula is C40H50F3N4O6+. The van der Waals surface area contributed by atoms with Crippen molar-refractivity contribution in [1.29, 1.82) is 0 Å². The van der Waals surface area contributed by atoms with Crippen molar-refractivity contribution in [2.75, 3.05) is 39.8 Å². The van der Waals surface area contributed by atoms with Crippen LogP contribution < -0.4 is 9.47 Å². The van der Waals surface area contributed by atoms with Crippen molar-refractivity contribution in [3.8, 4) is 11.5 Å². The minimum atomic E-state index is -2.74. The van der Waals surface area contributed by atoms with Gasteiger partial charge in [0.25, 0.3) is 5.91 Å². The van der Waals surface area contributed by atoms with Crippen LogP contribution in [0.4, 0.5) is 13.2 Å². The first kappa shape index (κ1) is 38.3. The molecule has 2 aliphatic carbocycles. The number of carboxylic acids is 1. The van der Waals surface area contributed by atoms with Crippen molar-refractivity contribution in [3.63, 3.8) is 0 Å². The molecule has 53 heavy (non-hydrogen) atoms. The Balaban J connectivity index is 0.00000236. The molecule has 13 heteroatoms. The summed E-state index contributed by atoms with van der Waals surface area (Å²) in [4.78, 5) is 43.4. The predicted molar refractivity (Wildman–Crippen MR) is 192 cm³/mol. The Morgan fingerprint density at radius 3 is 2.23 bits per heavy atom. The first-order chi connectivity index (χ1) is 25.1. The third-order valence-corrected chi connectivity index (χ3v) is 11.4. The molecule has 1 N–H and O–H groups in total. The number of aromatic carboxylic acids is 1. The zero-order valence-corrected chi connectivity index (χ0v) is 31.1. The van der Waals surface area contributed by atoms with Gasteiger partial charge in [-0.2, -0.15) is 4.59 Å². The van der Waals surface area contributed by atoms with E-state index in [0.717, 1.165) is 12.0 Å². The molecule has 2 saturated carbocycles. The van der Waals surface area contributed by atoms with Gasteiger partial charge in [-0.1, -0.05) is 51.0 Å². The third kappa shape index (κ3) is 8.10. The summed E-state index contributed by atoms with van der Waals surface area (Å²) in [5, 5.41) is 14.8. The van der Waals surface area contributed by atoms with Crippen LogP contribution in [0.5, 0.6) is 11.5 Å². The van der Waals surface area contributed by atoms with Gasteiger partial charge in [-0.25, -0.2) is 18.0 Å². The number of quaternary nitrogens is 1. The van der Waals surface area contributed by atoms with Crippen molar-refractivity contribution < 1.29 is 46.7 Å². The number of benzene rings is 2. The molecular weight excluding hydrogens is 689 g/mol. The van der Waals surface area contributed by atoms with E-state index in [-0.39, 0.29) is 88.8 Å². The summed E-state index contributed by atoms with van der Waals surface area (Å²) in [6.45, 7) is 10.3. The van der Waals surface area contributed by atoms with Gasteiger partial charge in [-0.15, -0.1) is 0 Å². The van der Waals surface area contributed by atoms with Crippen molar-refractivity contribution in [1.82, 2.24) is 9.80 Å². The van der Waals surface area contributed by atoms with E-state index in [1.165, 1.54) is 18.2 Å².